The molecule has 0 aromatic heterocycles. The van der Waals surface area contributed by atoms with Crippen molar-refractivity contribution in [3.05, 3.63) is 22.2 Å². The van der Waals surface area contributed by atoms with Gasteiger partial charge in [0.05, 0.1) is 23.7 Å². The zero-order valence-corrected chi connectivity index (χ0v) is 22.1. The molecule has 0 aromatic carbocycles. The summed E-state index contributed by atoms with van der Waals surface area (Å²) in [5, 5.41) is 1.38. The standard InChI is InChI=1S/C26H34Cl2N4O4/c27-17-3-5-19-21(15-17)25(35)31(23(19)33)9-1-7-29-11-13-30(14-12-29)8-2-10-32-24(34)20-6-4-18(28)16-22(20)26(32)36/h3-4,19-22H,1-2,5-16H2/t19-,20+,21-,22+. The molecule has 8 nitrogen and oxygen atoms in total. The third kappa shape index (κ3) is 5.15. The molecule has 5 aliphatic rings. The fraction of sp³-hybridized carbons (Fsp3) is 0.692. The summed E-state index contributed by atoms with van der Waals surface area (Å²) in [4.78, 5) is 58.4. The summed E-state index contributed by atoms with van der Waals surface area (Å²) in [7, 11) is 0. The molecule has 3 fully saturated rings. The Kier molecular flexibility index (Phi) is 7.86. The van der Waals surface area contributed by atoms with E-state index in [0.717, 1.165) is 52.1 Å². The number of hydrogen-bond donors (Lipinski definition) is 0. The predicted molar refractivity (Wildman–Crippen MR) is 136 cm³/mol. The Morgan fingerprint density at radius 1 is 0.583 bits per heavy atom. The van der Waals surface area contributed by atoms with Crippen LogP contribution in [-0.4, -0.2) is 95.6 Å². The number of nitrogens with zero attached hydrogens (tertiary/aromatic N) is 4. The molecule has 5 rings (SSSR count). The van der Waals surface area contributed by atoms with E-state index in [0.29, 0.717) is 48.8 Å². The van der Waals surface area contributed by atoms with Crippen molar-refractivity contribution < 1.29 is 19.2 Å². The number of piperazine rings is 1. The second-order valence-corrected chi connectivity index (χ2v) is 11.6. The van der Waals surface area contributed by atoms with Gasteiger partial charge in [0.15, 0.2) is 0 Å². The summed E-state index contributed by atoms with van der Waals surface area (Å²) in [6.07, 6.45) is 7.41. The molecule has 0 radical (unpaired) electrons. The highest BCUT2D eigenvalue weighted by Gasteiger charge is 2.49. The number of fused-ring (bicyclic) bond motifs is 2. The van der Waals surface area contributed by atoms with Crippen LogP contribution in [0.25, 0.3) is 0 Å². The van der Waals surface area contributed by atoms with E-state index in [9.17, 15) is 19.2 Å². The SMILES string of the molecule is O=C1[C@H]2CC=C(Cl)C[C@@H]2C(=O)N1CCCN1CCN(CCCN2C(=O)[C@@H]3CC=C(Cl)C[C@H]3C2=O)CC1. The van der Waals surface area contributed by atoms with Crippen LogP contribution in [-0.2, 0) is 19.2 Å². The van der Waals surface area contributed by atoms with Gasteiger partial charge in [0.1, 0.15) is 0 Å². The summed E-state index contributed by atoms with van der Waals surface area (Å²) in [5.41, 5.74) is 0. The first kappa shape index (κ1) is 25.9. The number of carbonyl (C=O) groups is 4. The van der Waals surface area contributed by atoms with Crippen molar-refractivity contribution in [1.29, 1.82) is 0 Å². The molecule has 3 heterocycles. The fourth-order valence-electron chi connectivity index (χ4n) is 6.37. The largest absolute Gasteiger partial charge is 0.301 e. The maximum absolute atomic E-state index is 12.7. The minimum Gasteiger partial charge on any atom is -0.301 e. The Labute approximate surface area is 222 Å². The van der Waals surface area contributed by atoms with Crippen LogP contribution in [0.5, 0.6) is 0 Å². The topological polar surface area (TPSA) is 81.2 Å². The lowest BCUT2D eigenvalue weighted by atomic mass is 9.85. The highest BCUT2D eigenvalue weighted by atomic mass is 35.5. The molecule has 196 valence electrons. The molecule has 0 spiro atoms. The van der Waals surface area contributed by atoms with Gasteiger partial charge in [0.25, 0.3) is 0 Å². The van der Waals surface area contributed by atoms with Crippen LogP contribution in [0.2, 0.25) is 0 Å². The van der Waals surface area contributed by atoms with Gasteiger partial charge in [-0.25, -0.2) is 0 Å². The Hall–Kier alpha value is -1.74. The van der Waals surface area contributed by atoms with Crippen LogP contribution in [0.1, 0.15) is 38.5 Å². The molecule has 10 heteroatoms. The minimum absolute atomic E-state index is 0.0381. The number of rotatable bonds is 8. The van der Waals surface area contributed by atoms with E-state index >= 15 is 0 Å². The van der Waals surface area contributed by atoms with E-state index in [-0.39, 0.29) is 47.3 Å². The van der Waals surface area contributed by atoms with E-state index in [4.69, 9.17) is 23.2 Å². The van der Waals surface area contributed by atoms with Crippen LogP contribution in [0, 0.1) is 23.7 Å². The molecule has 3 saturated heterocycles. The molecule has 4 amide bonds. The van der Waals surface area contributed by atoms with E-state index in [1.165, 1.54) is 9.80 Å². The number of hydrogen-bond acceptors (Lipinski definition) is 6. The summed E-state index contributed by atoms with van der Waals surface area (Å²) >= 11 is 12.2. The molecule has 3 aliphatic heterocycles. The fourth-order valence-corrected chi connectivity index (χ4v) is 6.88. The number of amides is 4. The normalized spacial score (nSPS) is 31.6. The molecule has 0 unspecified atom stereocenters. The first-order valence-electron chi connectivity index (χ1n) is 13.2. The van der Waals surface area contributed by atoms with Gasteiger partial charge >= 0.3 is 0 Å². The molecule has 4 atom stereocenters. The third-order valence-corrected chi connectivity index (χ3v) is 9.11. The maximum Gasteiger partial charge on any atom is 0.233 e. The Balaban J connectivity index is 0.987. The number of likely N-dealkylation sites (tertiary alicyclic amines) is 2. The lowest BCUT2D eigenvalue weighted by Gasteiger charge is -2.35. The predicted octanol–water partition coefficient (Wildman–Crippen LogP) is 2.42. The van der Waals surface area contributed by atoms with Gasteiger partial charge in [-0.3, -0.25) is 29.0 Å². The number of halogens is 2. The van der Waals surface area contributed by atoms with Crippen LogP contribution in [0.4, 0.5) is 0 Å². The molecule has 36 heavy (non-hydrogen) atoms. The van der Waals surface area contributed by atoms with Crippen LogP contribution in [0.15, 0.2) is 22.2 Å². The van der Waals surface area contributed by atoms with Crippen molar-refractivity contribution >= 4 is 46.8 Å². The summed E-state index contributed by atoms with van der Waals surface area (Å²) in [5.74, 6) is -1.20. The van der Waals surface area contributed by atoms with E-state index in [1.807, 2.05) is 12.2 Å². The molecule has 0 N–H and O–H groups in total. The van der Waals surface area contributed by atoms with E-state index in [1.54, 1.807) is 0 Å². The zero-order valence-electron chi connectivity index (χ0n) is 20.5. The van der Waals surface area contributed by atoms with Crippen LogP contribution < -0.4 is 0 Å². The molecule has 0 saturated carbocycles. The minimum atomic E-state index is -0.275. The second-order valence-electron chi connectivity index (χ2n) is 10.7. The molecule has 0 aromatic rings. The molecular formula is C26H34Cl2N4O4. The smallest absolute Gasteiger partial charge is 0.233 e. The van der Waals surface area contributed by atoms with Gasteiger partial charge in [-0.05, 0) is 51.6 Å². The third-order valence-electron chi connectivity index (χ3n) is 8.50. The monoisotopic (exact) mass is 536 g/mol. The molecule has 2 aliphatic carbocycles. The van der Waals surface area contributed by atoms with Gasteiger partial charge < -0.3 is 9.80 Å². The van der Waals surface area contributed by atoms with Crippen LogP contribution in [0.3, 0.4) is 0 Å². The van der Waals surface area contributed by atoms with Crippen molar-refractivity contribution in [3.8, 4) is 0 Å². The van der Waals surface area contributed by atoms with Gasteiger partial charge in [0, 0.05) is 49.3 Å². The van der Waals surface area contributed by atoms with Gasteiger partial charge in [-0.15, -0.1) is 0 Å². The first-order valence-corrected chi connectivity index (χ1v) is 13.9. The lowest BCUT2D eigenvalue weighted by molar-refractivity contribution is -0.141. The average molecular weight is 537 g/mol. The van der Waals surface area contributed by atoms with Crippen molar-refractivity contribution in [1.82, 2.24) is 19.6 Å². The average Bonchev–Trinajstić information content (AvgIpc) is 3.24. The van der Waals surface area contributed by atoms with Gasteiger partial charge in [-0.2, -0.15) is 0 Å². The highest BCUT2D eigenvalue weighted by molar-refractivity contribution is 6.30. The van der Waals surface area contributed by atoms with E-state index < -0.39 is 0 Å². The lowest BCUT2D eigenvalue weighted by Crippen LogP contribution is -2.47. The van der Waals surface area contributed by atoms with Crippen molar-refractivity contribution in [2.45, 2.75) is 38.5 Å². The van der Waals surface area contributed by atoms with Gasteiger partial charge in [-0.1, -0.05) is 35.4 Å². The summed E-state index contributed by atoms with van der Waals surface area (Å²) in [6.45, 7) is 6.40. The molecule has 0 bridgehead atoms. The second kappa shape index (κ2) is 10.9. The number of imide groups is 2. The maximum atomic E-state index is 12.7. The van der Waals surface area contributed by atoms with Crippen molar-refractivity contribution in [3.63, 3.8) is 0 Å². The Bertz CT molecular complexity index is 912. The van der Waals surface area contributed by atoms with Crippen LogP contribution >= 0.6 is 23.2 Å². The highest BCUT2D eigenvalue weighted by Crippen LogP contribution is 2.40. The first-order chi connectivity index (χ1) is 17.3. The number of allylic oxidation sites excluding steroid dienone is 4. The Morgan fingerprint density at radius 3 is 1.33 bits per heavy atom. The molecular weight excluding hydrogens is 503 g/mol. The van der Waals surface area contributed by atoms with E-state index in [2.05, 4.69) is 9.80 Å². The Morgan fingerprint density at radius 2 is 0.944 bits per heavy atom. The summed E-state index contributed by atoms with van der Waals surface area (Å²) < 4.78 is 0. The number of carbonyl (C=O) groups excluding carboxylic acids is 4. The zero-order chi connectivity index (χ0) is 25.4. The van der Waals surface area contributed by atoms with Gasteiger partial charge in [0.2, 0.25) is 23.6 Å². The quantitative estimate of drug-likeness (QED) is 0.443. The summed E-state index contributed by atoms with van der Waals surface area (Å²) in [6, 6.07) is 0. The van der Waals surface area contributed by atoms with Crippen molar-refractivity contribution in [2.75, 3.05) is 52.4 Å². The van der Waals surface area contributed by atoms with Crippen molar-refractivity contribution in [2.24, 2.45) is 23.7 Å².